The minimum absolute atomic E-state index is 0.0232. The highest BCUT2D eigenvalue weighted by atomic mass is 19.4. The minimum Gasteiger partial charge on any atom is -0.491 e. The Kier molecular flexibility index (Phi) is 4.95. The Morgan fingerprint density at radius 3 is 2.82 bits per heavy atom. The molecule has 0 spiro atoms. The van der Waals surface area contributed by atoms with Crippen molar-refractivity contribution in [1.82, 2.24) is 19.9 Å². The highest BCUT2D eigenvalue weighted by Gasteiger charge is 2.46. The predicted octanol–water partition coefficient (Wildman–Crippen LogP) is 4.01. The second-order valence-corrected chi connectivity index (χ2v) is 8.92. The number of anilines is 1. The van der Waals surface area contributed by atoms with Crippen LogP contribution in [0.3, 0.4) is 0 Å². The van der Waals surface area contributed by atoms with Crippen molar-refractivity contribution in [3.05, 3.63) is 47.9 Å². The van der Waals surface area contributed by atoms with Crippen molar-refractivity contribution in [2.75, 3.05) is 31.6 Å². The van der Waals surface area contributed by atoms with Gasteiger partial charge in [0.1, 0.15) is 30.1 Å². The van der Waals surface area contributed by atoms with Gasteiger partial charge in [0.2, 0.25) is 0 Å². The first-order valence-electron chi connectivity index (χ1n) is 11.2. The molecule has 2 aliphatic heterocycles. The van der Waals surface area contributed by atoms with Crippen molar-refractivity contribution in [2.45, 2.75) is 43.1 Å². The molecule has 1 saturated carbocycles. The highest BCUT2D eigenvalue weighted by Crippen LogP contribution is 2.42. The number of nitrogens with zero attached hydrogens (tertiary/aromatic N) is 3. The number of aromatic amines is 1. The van der Waals surface area contributed by atoms with Gasteiger partial charge in [0.05, 0.1) is 24.1 Å². The molecule has 10 heteroatoms. The molecular weight excluding hydrogens is 435 g/mol. The number of para-hydroxylation sites is 1. The molecule has 1 aromatic carbocycles. The lowest BCUT2D eigenvalue weighted by molar-refractivity contribution is -0.240. The molecular formula is C23H24F3N5O2. The zero-order valence-corrected chi connectivity index (χ0v) is 17.8. The SMILES string of the molecule is FC(F)(F)C1CN(C2COc3ccccc3C2Nc2ncnc3[nH]c(C4CC4)cc23)CCO1. The van der Waals surface area contributed by atoms with Crippen LogP contribution < -0.4 is 10.1 Å². The van der Waals surface area contributed by atoms with E-state index in [9.17, 15) is 13.2 Å². The Morgan fingerprint density at radius 2 is 2.00 bits per heavy atom. The fraction of sp³-hybridized carbons (Fsp3) is 0.478. The quantitative estimate of drug-likeness (QED) is 0.614. The van der Waals surface area contributed by atoms with Crippen LogP contribution >= 0.6 is 0 Å². The lowest BCUT2D eigenvalue weighted by atomic mass is 9.94. The number of aromatic nitrogens is 3. The average molecular weight is 459 g/mol. The van der Waals surface area contributed by atoms with Crippen LogP contribution in [0.4, 0.5) is 19.0 Å². The van der Waals surface area contributed by atoms with Crippen molar-refractivity contribution in [3.8, 4) is 5.75 Å². The third kappa shape index (κ3) is 3.91. The third-order valence-corrected chi connectivity index (χ3v) is 6.74. The second kappa shape index (κ2) is 7.88. The smallest absolute Gasteiger partial charge is 0.415 e. The van der Waals surface area contributed by atoms with Crippen LogP contribution in [0.2, 0.25) is 0 Å². The first-order valence-corrected chi connectivity index (χ1v) is 11.2. The van der Waals surface area contributed by atoms with Gasteiger partial charge >= 0.3 is 6.18 Å². The van der Waals surface area contributed by atoms with Gasteiger partial charge in [-0.1, -0.05) is 18.2 Å². The number of alkyl halides is 3. The fourth-order valence-electron chi connectivity index (χ4n) is 4.84. The van der Waals surface area contributed by atoms with Crippen molar-refractivity contribution in [1.29, 1.82) is 0 Å². The molecule has 3 unspecified atom stereocenters. The topological polar surface area (TPSA) is 75.3 Å². The van der Waals surface area contributed by atoms with Gasteiger partial charge in [-0.3, -0.25) is 4.90 Å². The van der Waals surface area contributed by atoms with E-state index in [0.29, 0.717) is 18.3 Å². The summed E-state index contributed by atoms with van der Waals surface area (Å²) in [6, 6.07) is 9.10. The summed E-state index contributed by atoms with van der Waals surface area (Å²) in [6.07, 6.45) is -2.38. The largest absolute Gasteiger partial charge is 0.491 e. The molecule has 3 atom stereocenters. The van der Waals surface area contributed by atoms with Gasteiger partial charge in [-0.25, -0.2) is 9.97 Å². The van der Waals surface area contributed by atoms with Crippen LogP contribution in [0.15, 0.2) is 36.7 Å². The molecule has 0 bridgehead atoms. The standard InChI is InChI=1S/C23H24F3N5O2/c24-23(25,26)19-10-31(7-8-32-19)17-11-33-18-4-2-1-3-14(18)20(17)30-22-15-9-16(13-5-6-13)29-21(15)27-12-28-22/h1-4,9,12-13,17,19-20H,5-8,10-11H2,(H2,27,28,29,30). The van der Waals surface area contributed by atoms with Crippen LogP contribution in [-0.2, 0) is 4.74 Å². The van der Waals surface area contributed by atoms with E-state index in [-0.39, 0.29) is 31.8 Å². The van der Waals surface area contributed by atoms with Gasteiger partial charge < -0.3 is 19.8 Å². The van der Waals surface area contributed by atoms with Crippen molar-refractivity contribution in [3.63, 3.8) is 0 Å². The number of rotatable bonds is 4. The van der Waals surface area contributed by atoms with Crippen molar-refractivity contribution >= 4 is 16.9 Å². The summed E-state index contributed by atoms with van der Waals surface area (Å²) in [5.41, 5.74) is 2.81. The van der Waals surface area contributed by atoms with Crippen LogP contribution in [0.5, 0.6) is 5.75 Å². The van der Waals surface area contributed by atoms with E-state index in [1.807, 2.05) is 29.2 Å². The molecule has 1 saturated heterocycles. The first-order chi connectivity index (χ1) is 16.0. The molecule has 6 rings (SSSR count). The third-order valence-electron chi connectivity index (χ3n) is 6.74. The molecule has 0 radical (unpaired) electrons. The Balaban J connectivity index is 1.35. The highest BCUT2D eigenvalue weighted by molar-refractivity contribution is 5.88. The van der Waals surface area contributed by atoms with Gasteiger partial charge in [0, 0.05) is 24.3 Å². The van der Waals surface area contributed by atoms with E-state index in [2.05, 4.69) is 26.3 Å². The van der Waals surface area contributed by atoms with Crippen LogP contribution in [0, 0.1) is 0 Å². The van der Waals surface area contributed by atoms with Crippen LogP contribution in [0.25, 0.3) is 11.0 Å². The maximum absolute atomic E-state index is 13.4. The van der Waals surface area contributed by atoms with Gasteiger partial charge in [-0.2, -0.15) is 13.2 Å². The molecule has 3 aromatic rings. The van der Waals surface area contributed by atoms with E-state index in [0.717, 1.165) is 40.9 Å². The summed E-state index contributed by atoms with van der Waals surface area (Å²) in [7, 11) is 0. The van der Waals surface area contributed by atoms with Crippen LogP contribution in [0.1, 0.15) is 36.1 Å². The molecule has 1 aliphatic carbocycles. The number of hydrogen-bond acceptors (Lipinski definition) is 6. The lowest BCUT2D eigenvalue weighted by Gasteiger charge is -2.44. The maximum Gasteiger partial charge on any atom is 0.415 e. The van der Waals surface area contributed by atoms with Crippen LogP contribution in [-0.4, -0.2) is 64.5 Å². The average Bonchev–Trinajstić information content (AvgIpc) is 3.57. The normalized spacial score (nSPS) is 26.1. The van der Waals surface area contributed by atoms with Crippen molar-refractivity contribution < 1.29 is 22.6 Å². The number of morpholine rings is 1. The first kappa shape index (κ1) is 20.7. The number of nitrogens with one attached hydrogen (secondary N) is 2. The van der Waals surface area contributed by atoms with Gasteiger partial charge in [-0.15, -0.1) is 0 Å². The summed E-state index contributed by atoms with van der Waals surface area (Å²) in [4.78, 5) is 14.1. The summed E-state index contributed by atoms with van der Waals surface area (Å²) < 4.78 is 51.2. The molecule has 7 nitrogen and oxygen atoms in total. The Bertz CT molecular complexity index is 1160. The van der Waals surface area contributed by atoms with Gasteiger partial charge in [0.25, 0.3) is 0 Å². The van der Waals surface area contributed by atoms with E-state index >= 15 is 0 Å². The minimum atomic E-state index is -4.40. The number of H-pyrrole nitrogens is 1. The number of benzene rings is 1. The Morgan fingerprint density at radius 1 is 1.15 bits per heavy atom. The predicted molar refractivity (Wildman–Crippen MR) is 115 cm³/mol. The number of halogens is 3. The molecule has 33 heavy (non-hydrogen) atoms. The van der Waals surface area contributed by atoms with Gasteiger partial charge in [-0.05, 0) is 30.9 Å². The zero-order chi connectivity index (χ0) is 22.6. The van der Waals surface area contributed by atoms with E-state index < -0.39 is 12.3 Å². The number of hydrogen-bond donors (Lipinski definition) is 2. The molecule has 2 aromatic heterocycles. The lowest BCUT2D eigenvalue weighted by Crippen LogP contribution is -2.57. The molecule has 4 heterocycles. The molecule has 0 amide bonds. The zero-order valence-electron chi connectivity index (χ0n) is 17.8. The maximum atomic E-state index is 13.4. The van der Waals surface area contributed by atoms with E-state index in [4.69, 9.17) is 9.47 Å². The monoisotopic (exact) mass is 459 g/mol. The summed E-state index contributed by atoms with van der Waals surface area (Å²) in [5, 5.41) is 4.43. The van der Waals surface area contributed by atoms with E-state index in [1.165, 1.54) is 6.33 Å². The summed E-state index contributed by atoms with van der Waals surface area (Å²) >= 11 is 0. The van der Waals surface area contributed by atoms with E-state index in [1.54, 1.807) is 0 Å². The fourth-order valence-corrected chi connectivity index (χ4v) is 4.84. The molecule has 2 fully saturated rings. The Labute approximate surface area is 188 Å². The molecule has 174 valence electrons. The molecule has 2 N–H and O–H groups in total. The molecule has 3 aliphatic rings. The summed E-state index contributed by atoms with van der Waals surface area (Å²) in [5.74, 6) is 1.93. The summed E-state index contributed by atoms with van der Waals surface area (Å²) in [6.45, 7) is 0.465. The second-order valence-electron chi connectivity index (χ2n) is 8.92. The number of fused-ring (bicyclic) bond motifs is 2. The van der Waals surface area contributed by atoms with Gasteiger partial charge in [0.15, 0.2) is 6.10 Å². The van der Waals surface area contributed by atoms with Crippen molar-refractivity contribution in [2.24, 2.45) is 0 Å². The Hall–Kier alpha value is -2.85. The number of ether oxygens (including phenoxy) is 2.